The van der Waals surface area contributed by atoms with Gasteiger partial charge in [0, 0.05) is 26.7 Å². The third-order valence-corrected chi connectivity index (χ3v) is 7.44. The summed E-state index contributed by atoms with van der Waals surface area (Å²) in [5.74, 6) is -1.17. The number of esters is 1. The molecule has 0 saturated carbocycles. The normalized spacial score (nSPS) is 11.4. The molecule has 2 rings (SSSR count). The number of ether oxygens (including phenoxy) is 1. The van der Waals surface area contributed by atoms with Crippen molar-refractivity contribution in [1.29, 1.82) is 0 Å². The minimum atomic E-state index is -3.85. The zero-order chi connectivity index (χ0) is 23.2. The number of rotatable bonds is 9. The highest BCUT2D eigenvalue weighted by atomic mass is 35.5. The molecule has 0 aliphatic carbocycles. The van der Waals surface area contributed by atoms with Gasteiger partial charge in [-0.05, 0) is 36.2 Å². The van der Waals surface area contributed by atoms with Crippen LogP contribution >= 0.6 is 11.6 Å². The van der Waals surface area contributed by atoms with E-state index in [1.165, 1.54) is 27.4 Å². The monoisotopic (exact) mass is 466 g/mol. The van der Waals surface area contributed by atoms with Crippen molar-refractivity contribution in [2.24, 2.45) is 0 Å². The summed E-state index contributed by atoms with van der Waals surface area (Å²) in [5, 5.41) is 0.0116. The first-order valence-electron chi connectivity index (χ1n) is 9.87. The van der Waals surface area contributed by atoms with E-state index in [1.807, 2.05) is 31.2 Å². The van der Waals surface area contributed by atoms with Crippen LogP contribution in [-0.4, -0.2) is 56.2 Å². The van der Waals surface area contributed by atoms with Gasteiger partial charge < -0.3 is 9.64 Å². The van der Waals surface area contributed by atoms with E-state index in [0.29, 0.717) is 6.54 Å². The lowest BCUT2D eigenvalue weighted by atomic mass is 10.1. The third-order valence-electron chi connectivity index (χ3n) is 4.91. The number of benzene rings is 2. The maximum absolute atomic E-state index is 12.8. The van der Waals surface area contributed by atoms with Gasteiger partial charge in [-0.1, -0.05) is 49.7 Å². The van der Waals surface area contributed by atoms with E-state index < -0.39 is 22.6 Å². The smallest absolute Gasteiger partial charge is 0.338 e. The Hall–Kier alpha value is -2.42. The molecule has 0 bridgehead atoms. The van der Waals surface area contributed by atoms with E-state index in [2.05, 4.69) is 0 Å². The molecule has 9 heteroatoms. The second-order valence-electron chi connectivity index (χ2n) is 6.99. The summed E-state index contributed by atoms with van der Waals surface area (Å²) in [7, 11) is -2.23. The van der Waals surface area contributed by atoms with Gasteiger partial charge in [0.2, 0.25) is 10.0 Å². The van der Waals surface area contributed by atoms with Crippen LogP contribution in [0.15, 0.2) is 47.4 Å². The molecule has 2 aromatic carbocycles. The Morgan fingerprint density at radius 3 is 2.32 bits per heavy atom. The SMILES string of the molecule is CCN(CC)S(=O)(=O)c1cc(C(=O)OCC(=O)N(C)Cc2ccccc2C)ccc1Cl. The third kappa shape index (κ3) is 6.06. The molecule has 0 fully saturated rings. The average molecular weight is 467 g/mol. The zero-order valence-corrected chi connectivity index (χ0v) is 19.7. The molecular formula is C22H27ClN2O5S. The summed E-state index contributed by atoms with van der Waals surface area (Å²) in [4.78, 5) is 26.1. The van der Waals surface area contributed by atoms with Crippen molar-refractivity contribution in [3.05, 3.63) is 64.2 Å². The van der Waals surface area contributed by atoms with Crippen LogP contribution in [0.2, 0.25) is 5.02 Å². The first kappa shape index (κ1) is 24.8. The molecular weight excluding hydrogens is 440 g/mol. The number of sulfonamides is 1. The molecule has 168 valence electrons. The van der Waals surface area contributed by atoms with Crippen molar-refractivity contribution in [2.45, 2.75) is 32.2 Å². The summed E-state index contributed by atoms with van der Waals surface area (Å²) in [6.07, 6.45) is 0. The summed E-state index contributed by atoms with van der Waals surface area (Å²) in [5.41, 5.74) is 2.06. The molecule has 7 nitrogen and oxygen atoms in total. The molecule has 0 aromatic heterocycles. The Morgan fingerprint density at radius 1 is 1.06 bits per heavy atom. The second-order valence-corrected chi connectivity index (χ2v) is 9.30. The summed E-state index contributed by atoms with van der Waals surface area (Å²) < 4.78 is 31.9. The molecule has 31 heavy (non-hydrogen) atoms. The first-order valence-corrected chi connectivity index (χ1v) is 11.7. The van der Waals surface area contributed by atoms with Crippen molar-refractivity contribution >= 4 is 33.5 Å². The number of halogens is 1. The number of carbonyl (C=O) groups excluding carboxylic acids is 2. The number of carbonyl (C=O) groups is 2. The number of nitrogens with zero attached hydrogens (tertiary/aromatic N) is 2. The van der Waals surface area contributed by atoms with Crippen molar-refractivity contribution in [3.63, 3.8) is 0 Å². The van der Waals surface area contributed by atoms with Crippen LogP contribution < -0.4 is 0 Å². The van der Waals surface area contributed by atoms with E-state index in [-0.39, 0.29) is 34.5 Å². The van der Waals surface area contributed by atoms with Gasteiger partial charge in [0.15, 0.2) is 6.61 Å². The Labute approximate surface area is 188 Å². The molecule has 1 amide bonds. The Morgan fingerprint density at radius 2 is 1.71 bits per heavy atom. The lowest BCUT2D eigenvalue weighted by Gasteiger charge is -2.20. The van der Waals surface area contributed by atoms with Gasteiger partial charge in [-0.15, -0.1) is 0 Å². The van der Waals surface area contributed by atoms with Crippen molar-refractivity contribution in [1.82, 2.24) is 9.21 Å². The molecule has 0 aliphatic heterocycles. The van der Waals surface area contributed by atoms with Gasteiger partial charge in [0.25, 0.3) is 5.91 Å². The number of hydrogen-bond acceptors (Lipinski definition) is 5. The fraction of sp³-hybridized carbons (Fsp3) is 0.364. The van der Waals surface area contributed by atoms with Crippen LogP contribution in [0.25, 0.3) is 0 Å². The zero-order valence-electron chi connectivity index (χ0n) is 18.1. The lowest BCUT2D eigenvalue weighted by molar-refractivity contribution is -0.133. The maximum Gasteiger partial charge on any atom is 0.338 e. The van der Waals surface area contributed by atoms with E-state index in [9.17, 15) is 18.0 Å². The molecule has 0 radical (unpaired) electrons. The number of aryl methyl sites for hydroxylation is 1. The molecule has 0 spiro atoms. The Balaban J connectivity index is 2.09. The predicted molar refractivity (Wildman–Crippen MR) is 119 cm³/mol. The van der Waals surface area contributed by atoms with Crippen LogP contribution in [0.1, 0.15) is 35.3 Å². The fourth-order valence-electron chi connectivity index (χ4n) is 2.98. The Bertz CT molecular complexity index is 1050. The van der Waals surface area contributed by atoms with Gasteiger partial charge in [-0.2, -0.15) is 4.31 Å². The van der Waals surface area contributed by atoms with Crippen molar-refractivity contribution < 1.29 is 22.7 Å². The molecule has 2 aromatic rings. The topological polar surface area (TPSA) is 84.0 Å². The predicted octanol–water partition coefficient (Wildman–Crippen LogP) is 3.49. The number of likely N-dealkylation sites (N-methyl/N-ethyl adjacent to an activating group) is 1. The van der Waals surface area contributed by atoms with Crippen molar-refractivity contribution in [2.75, 3.05) is 26.7 Å². The highest BCUT2D eigenvalue weighted by Crippen LogP contribution is 2.26. The van der Waals surface area contributed by atoms with Crippen LogP contribution in [0.5, 0.6) is 0 Å². The molecule has 0 atom stereocenters. The molecule has 0 unspecified atom stereocenters. The van der Waals surface area contributed by atoms with Crippen molar-refractivity contribution in [3.8, 4) is 0 Å². The summed E-state index contributed by atoms with van der Waals surface area (Å²) in [6, 6.07) is 11.6. The second kappa shape index (κ2) is 10.7. The lowest BCUT2D eigenvalue weighted by Crippen LogP contribution is -2.31. The number of hydrogen-bond donors (Lipinski definition) is 0. The van der Waals surface area contributed by atoms with E-state index in [1.54, 1.807) is 20.9 Å². The van der Waals surface area contributed by atoms with Gasteiger partial charge in [0.1, 0.15) is 4.90 Å². The molecule has 0 N–H and O–H groups in total. The molecule has 0 saturated heterocycles. The minimum Gasteiger partial charge on any atom is -0.452 e. The largest absolute Gasteiger partial charge is 0.452 e. The Kier molecular flexibility index (Phi) is 8.61. The highest BCUT2D eigenvalue weighted by Gasteiger charge is 2.26. The van der Waals surface area contributed by atoms with Crippen LogP contribution in [0.4, 0.5) is 0 Å². The van der Waals surface area contributed by atoms with Gasteiger partial charge in [0.05, 0.1) is 10.6 Å². The molecule has 0 heterocycles. The number of amides is 1. The van der Waals surface area contributed by atoms with Gasteiger partial charge in [-0.25, -0.2) is 13.2 Å². The van der Waals surface area contributed by atoms with E-state index in [4.69, 9.17) is 16.3 Å². The summed E-state index contributed by atoms with van der Waals surface area (Å²) >= 11 is 6.08. The summed E-state index contributed by atoms with van der Waals surface area (Å²) in [6.45, 7) is 5.85. The van der Waals surface area contributed by atoms with E-state index in [0.717, 1.165) is 11.1 Å². The average Bonchev–Trinajstić information content (AvgIpc) is 2.74. The quantitative estimate of drug-likeness (QED) is 0.528. The van der Waals surface area contributed by atoms with Crippen LogP contribution in [0, 0.1) is 6.92 Å². The van der Waals surface area contributed by atoms with Gasteiger partial charge in [-0.3, -0.25) is 4.79 Å². The minimum absolute atomic E-state index is 0.00416. The molecule has 0 aliphatic rings. The standard InChI is InChI=1S/C22H27ClN2O5S/c1-5-25(6-2)31(28,29)20-13-17(11-12-19(20)23)22(27)30-15-21(26)24(4)14-18-10-8-7-9-16(18)3/h7-13H,5-6,14-15H2,1-4H3. The highest BCUT2D eigenvalue weighted by molar-refractivity contribution is 7.89. The van der Waals surface area contributed by atoms with Crippen LogP contribution in [-0.2, 0) is 26.1 Å². The van der Waals surface area contributed by atoms with Gasteiger partial charge >= 0.3 is 5.97 Å². The maximum atomic E-state index is 12.8. The van der Waals surface area contributed by atoms with Crippen LogP contribution in [0.3, 0.4) is 0 Å². The first-order chi connectivity index (χ1) is 14.6. The fourth-order valence-corrected chi connectivity index (χ4v) is 4.94. The van der Waals surface area contributed by atoms with E-state index >= 15 is 0 Å².